The van der Waals surface area contributed by atoms with Crippen LogP contribution in [0.3, 0.4) is 0 Å². The minimum Gasteiger partial charge on any atom is -0.343 e. The third kappa shape index (κ3) is 3.28. The van der Waals surface area contributed by atoms with E-state index in [4.69, 9.17) is 0 Å². The molecule has 2 aliphatic heterocycles. The van der Waals surface area contributed by atoms with E-state index in [9.17, 15) is 14.4 Å². The first-order chi connectivity index (χ1) is 8.15. The molecule has 0 bridgehead atoms. The topological polar surface area (TPSA) is 66.5 Å². The molecule has 2 rings (SSSR count). The maximum Gasteiger partial charge on any atom is 0.226 e. The summed E-state index contributed by atoms with van der Waals surface area (Å²) in [4.78, 5) is 36.2. The van der Waals surface area contributed by atoms with Crippen LogP contribution in [0.2, 0.25) is 0 Å². The SMILES string of the molecule is O=C1CC(CC(=O)N2CCCCC2)CC(=O)N1. The van der Waals surface area contributed by atoms with Crippen molar-refractivity contribution in [3.63, 3.8) is 0 Å². The summed E-state index contributed by atoms with van der Waals surface area (Å²) in [5.74, 6) is -0.515. The molecule has 0 aromatic rings. The molecule has 0 aromatic heterocycles. The minimum absolute atomic E-state index is 0.0946. The van der Waals surface area contributed by atoms with Gasteiger partial charge in [0.25, 0.3) is 0 Å². The quantitative estimate of drug-likeness (QED) is 0.710. The second kappa shape index (κ2) is 5.29. The predicted octanol–water partition coefficient (Wildman–Crippen LogP) is 0.442. The number of carbonyl (C=O) groups is 3. The van der Waals surface area contributed by atoms with Crippen molar-refractivity contribution < 1.29 is 14.4 Å². The molecule has 0 spiro atoms. The Labute approximate surface area is 101 Å². The molecule has 0 atom stereocenters. The van der Waals surface area contributed by atoms with E-state index in [1.807, 2.05) is 4.90 Å². The fourth-order valence-electron chi connectivity index (χ4n) is 2.52. The Balaban J connectivity index is 1.84. The van der Waals surface area contributed by atoms with Gasteiger partial charge < -0.3 is 4.90 Å². The van der Waals surface area contributed by atoms with Crippen molar-refractivity contribution in [1.82, 2.24) is 10.2 Å². The Bertz CT molecular complexity index is 319. The van der Waals surface area contributed by atoms with Gasteiger partial charge in [0.05, 0.1) is 0 Å². The van der Waals surface area contributed by atoms with Gasteiger partial charge in [-0.05, 0) is 25.2 Å². The molecule has 2 fully saturated rings. The number of hydrogen-bond acceptors (Lipinski definition) is 3. The van der Waals surface area contributed by atoms with Crippen molar-refractivity contribution in [2.75, 3.05) is 13.1 Å². The van der Waals surface area contributed by atoms with Crippen LogP contribution in [-0.2, 0) is 14.4 Å². The number of nitrogens with one attached hydrogen (secondary N) is 1. The van der Waals surface area contributed by atoms with Crippen LogP contribution in [0.15, 0.2) is 0 Å². The first kappa shape index (κ1) is 12.1. The second-order valence-electron chi connectivity index (χ2n) is 4.89. The van der Waals surface area contributed by atoms with Crippen molar-refractivity contribution in [1.29, 1.82) is 0 Å². The summed E-state index contributed by atoms with van der Waals surface area (Å²) in [6.45, 7) is 1.65. The standard InChI is InChI=1S/C12H18N2O3/c15-10-6-9(7-11(16)13-10)8-12(17)14-4-2-1-3-5-14/h9H,1-8H2,(H,13,15,16). The van der Waals surface area contributed by atoms with Gasteiger partial charge in [0.2, 0.25) is 17.7 Å². The Kier molecular flexibility index (Phi) is 3.76. The number of piperidine rings is 2. The van der Waals surface area contributed by atoms with E-state index >= 15 is 0 Å². The number of rotatable bonds is 2. The molecule has 0 aromatic carbocycles. The van der Waals surface area contributed by atoms with Crippen LogP contribution >= 0.6 is 0 Å². The fraction of sp³-hybridized carbons (Fsp3) is 0.750. The van der Waals surface area contributed by atoms with E-state index in [0.29, 0.717) is 19.3 Å². The molecule has 5 heteroatoms. The van der Waals surface area contributed by atoms with Crippen molar-refractivity contribution in [2.45, 2.75) is 38.5 Å². The van der Waals surface area contributed by atoms with Gasteiger partial charge in [-0.15, -0.1) is 0 Å². The summed E-state index contributed by atoms with van der Waals surface area (Å²) >= 11 is 0. The van der Waals surface area contributed by atoms with E-state index in [-0.39, 0.29) is 23.6 Å². The Morgan fingerprint density at radius 2 is 1.71 bits per heavy atom. The third-order valence-corrected chi connectivity index (χ3v) is 3.40. The van der Waals surface area contributed by atoms with Gasteiger partial charge >= 0.3 is 0 Å². The molecular formula is C12H18N2O3. The number of imide groups is 1. The molecule has 0 saturated carbocycles. The summed E-state index contributed by atoms with van der Waals surface area (Å²) in [5.41, 5.74) is 0. The van der Waals surface area contributed by atoms with E-state index in [1.165, 1.54) is 6.42 Å². The monoisotopic (exact) mass is 238 g/mol. The van der Waals surface area contributed by atoms with Crippen molar-refractivity contribution >= 4 is 17.7 Å². The predicted molar refractivity (Wildman–Crippen MR) is 60.9 cm³/mol. The summed E-state index contributed by atoms with van der Waals surface area (Å²) < 4.78 is 0. The highest BCUT2D eigenvalue weighted by Gasteiger charge is 2.28. The average molecular weight is 238 g/mol. The first-order valence-corrected chi connectivity index (χ1v) is 6.25. The highest BCUT2D eigenvalue weighted by Crippen LogP contribution is 2.20. The minimum atomic E-state index is -0.252. The normalized spacial score (nSPS) is 22.5. The van der Waals surface area contributed by atoms with Gasteiger partial charge in [-0.3, -0.25) is 19.7 Å². The molecule has 1 N–H and O–H groups in total. The van der Waals surface area contributed by atoms with Crippen LogP contribution in [0.1, 0.15) is 38.5 Å². The molecule has 2 aliphatic rings. The summed E-state index contributed by atoms with van der Waals surface area (Å²) in [7, 11) is 0. The molecule has 94 valence electrons. The highest BCUT2D eigenvalue weighted by molar-refractivity contribution is 5.98. The molecular weight excluding hydrogens is 220 g/mol. The molecule has 2 saturated heterocycles. The lowest BCUT2D eigenvalue weighted by molar-refractivity contribution is -0.137. The van der Waals surface area contributed by atoms with E-state index in [2.05, 4.69) is 5.32 Å². The zero-order valence-electron chi connectivity index (χ0n) is 9.91. The Morgan fingerprint density at radius 1 is 1.12 bits per heavy atom. The lowest BCUT2D eigenvalue weighted by Gasteiger charge is -2.29. The van der Waals surface area contributed by atoms with Gasteiger partial charge in [-0.25, -0.2) is 0 Å². The largest absolute Gasteiger partial charge is 0.343 e. The zero-order chi connectivity index (χ0) is 12.3. The van der Waals surface area contributed by atoms with Gasteiger partial charge in [0, 0.05) is 32.4 Å². The zero-order valence-corrected chi connectivity index (χ0v) is 9.91. The van der Waals surface area contributed by atoms with Crippen LogP contribution < -0.4 is 5.32 Å². The molecule has 0 unspecified atom stereocenters. The maximum atomic E-state index is 12.0. The van der Waals surface area contributed by atoms with Crippen molar-refractivity contribution in [3.8, 4) is 0 Å². The highest BCUT2D eigenvalue weighted by atomic mass is 16.2. The Hall–Kier alpha value is -1.39. The molecule has 0 radical (unpaired) electrons. The van der Waals surface area contributed by atoms with Crippen LogP contribution in [0, 0.1) is 5.92 Å². The average Bonchev–Trinajstić information content (AvgIpc) is 2.28. The lowest BCUT2D eigenvalue weighted by atomic mass is 9.93. The van der Waals surface area contributed by atoms with Crippen LogP contribution in [0.4, 0.5) is 0 Å². The number of nitrogens with zero attached hydrogens (tertiary/aromatic N) is 1. The van der Waals surface area contributed by atoms with Crippen LogP contribution in [0.25, 0.3) is 0 Å². The molecule has 3 amide bonds. The van der Waals surface area contributed by atoms with Crippen LogP contribution in [-0.4, -0.2) is 35.7 Å². The van der Waals surface area contributed by atoms with E-state index < -0.39 is 0 Å². The lowest BCUT2D eigenvalue weighted by Crippen LogP contribution is -2.41. The molecule has 5 nitrogen and oxygen atoms in total. The smallest absolute Gasteiger partial charge is 0.226 e. The fourth-order valence-corrected chi connectivity index (χ4v) is 2.52. The molecule has 0 aliphatic carbocycles. The van der Waals surface area contributed by atoms with E-state index in [0.717, 1.165) is 25.9 Å². The Morgan fingerprint density at radius 3 is 2.29 bits per heavy atom. The number of carbonyl (C=O) groups excluding carboxylic acids is 3. The van der Waals surface area contributed by atoms with Gasteiger partial charge in [-0.2, -0.15) is 0 Å². The van der Waals surface area contributed by atoms with Crippen molar-refractivity contribution in [3.05, 3.63) is 0 Å². The van der Waals surface area contributed by atoms with E-state index in [1.54, 1.807) is 0 Å². The molecule has 2 heterocycles. The van der Waals surface area contributed by atoms with Crippen molar-refractivity contribution in [2.24, 2.45) is 5.92 Å². The summed E-state index contributed by atoms with van der Waals surface area (Å²) in [5, 5.41) is 2.26. The van der Waals surface area contributed by atoms with Gasteiger partial charge in [0.15, 0.2) is 0 Å². The number of amides is 3. The summed E-state index contributed by atoms with van der Waals surface area (Å²) in [6.07, 6.45) is 4.25. The molecule has 17 heavy (non-hydrogen) atoms. The number of hydrogen-bond donors (Lipinski definition) is 1. The number of likely N-dealkylation sites (tertiary alicyclic amines) is 1. The maximum absolute atomic E-state index is 12.0. The third-order valence-electron chi connectivity index (χ3n) is 3.40. The summed E-state index contributed by atoms with van der Waals surface area (Å²) in [6, 6.07) is 0. The van der Waals surface area contributed by atoms with Gasteiger partial charge in [0.1, 0.15) is 0 Å². The van der Waals surface area contributed by atoms with Gasteiger partial charge in [-0.1, -0.05) is 0 Å². The second-order valence-corrected chi connectivity index (χ2v) is 4.89. The first-order valence-electron chi connectivity index (χ1n) is 6.25. The van der Waals surface area contributed by atoms with Crippen LogP contribution in [0.5, 0.6) is 0 Å².